The molecule has 0 aromatic heterocycles. The van der Waals surface area contributed by atoms with E-state index in [0.717, 1.165) is 19.3 Å². The van der Waals surface area contributed by atoms with Crippen LogP contribution in [0.3, 0.4) is 0 Å². The van der Waals surface area contributed by atoms with Gasteiger partial charge in [-0.15, -0.1) is 0 Å². The lowest BCUT2D eigenvalue weighted by Crippen LogP contribution is -2.55. The largest absolute Gasteiger partial charge is 0.481 e. The van der Waals surface area contributed by atoms with E-state index in [9.17, 15) is 9.59 Å². The highest BCUT2D eigenvalue weighted by Gasteiger charge is 2.75. The molecule has 5 aliphatic rings. The molecule has 6 atom stereocenters. The Hall–Kier alpha value is -1.16. The Bertz CT molecular complexity index is 606. The molecule has 2 heterocycles. The zero-order chi connectivity index (χ0) is 16.0. The monoisotopic (exact) mass is 304 g/mol. The number of carbonyl (C=O) groups is 2. The van der Waals surface area contributed by atoms with E-state index in [2.05, 4.69) is 19.9 Å². The average molecular weight is 304 g/mol. The molecule has 6 unspecified atom stereocenters. The summed E-state index contributed by atoms with van der Waals surface area (Å²) in [7, 11) is 0. The van der Waals surface area contributed by atoms with Crippen molar-refractivity contribution in [2.75, 3.05) is 0 Å². The molecule has 4 nitrogen and oxygen atoms in total. The number of rotatable bonds is 3. The first-order valence-electron chi connectivity index (χ1n) is 8.26. The highest BCUT2D eigenvalue weighted by molar-refractivity contribution is 5.96. The Morgan fingerprint density at radius 2 is 2.05 bits per heavy atom. The Labute approximate surface area is 130 Å². The van der Waals surface area contributed by atoms with Crippen LogP contribution in [0.5, 0.6) is 0 Å². The number of carboxylic acids is 1. The Morgan fingerprint density at radius 1 is 1.32 bits per heavy atom. The minimum atomic E-state index is -0.829. The van der Waals surface area contributed by atoms with E-state index >= 15 is 0 Å². The summed E-state index contributed by atoms with van der Waals surface area (Å²) in [6, 6.07) is 0. The van der Waals surface area contributed by atoms with E-state index < -0.39 is 11.4 Å². The van der Waals surface area contributed by atoms with Crippen LogP contribution in [0.15, 0.2) is 12.2 Å². The van der Waals surface area contributed by atoms with E-state index in [1.807, 2.05) is 6.92 Å². The summed E-state index contributed by atoms with van der Waals surface area (Å²) in [6.07, 6.45) is 7.49. The van der Waals surface area contributed by atoms with Gasteiger partial charge in [-0.25, -0.2) is 0 Å². The standard InChI is InChI=1S/C18H24O4/c1-15-8-16(2)10-18(9-15)7-4-11(19)17(3,6-5-12(20)21)13(18)14(15)22-16/h4,7,13-14H,5-6,8-10H2,1-3H3,(H,20,21). The lowest BCUT2D eigenvalue weighted by atomic mass is 9.53. The number of aliphatic carboxylic acids is 1. The minimum Gasteiger partial charge on any atom is -0.481 e. The maximum atomic E-state index is 12.7. The van der Waals surface area contributed by atoms with Gasteiger partial charge in [0.25, 0.3) is 0 Å². The van der Waals surface area contributed by atoms with Crippen LogP contribution < -0.4 is 0 Å². The number of hydrogen-bond donors (Lipinski definition) is 1. The number of allylic oxidation sites excluding steroid dienone is 2. The lowest BCUT2D eigenvalue weighted by molar-refractivity contribution is -0.171. The van der Waals surface area contributed by atoms with Crippen LogP contribution in [0.4, 0.5) is 0 Å². The van der Waals surface area contributed by atoms with Crippen LogP contribution >= 0.6 is 0 Å². The molecule has 3 aliphatic carbocycles. The summed E-state index contributed by atoms with van der Waals surface area (Å²) in [6.45, 7) is 6.45. The van der Waals surface area contributed by atoms with Crippen molar-refractivity contribution in [2.45, 2.75) is 64.6 Å². The summed E-state index contributed by atoms with van der Waals surface area (Å²) in [5.41, 5.74) is -0.545. The SMILES string of the molecule is CC12CC3(C)CC4(C=CC(=O)C(C)(CCC(=O)O)C4C3O1)C2. The number of carbonyl (C=O) groups excluding carboxylic acids is 1. The molecule has 2 saturated carbocycles. The van der Waals surface area contributed by atoms with Crippen LogP contribution in [0.2, 0.25) is 0 Å². The topological polar surface area (TPSA) is 63.6 Å². The first-order chi connectivity index (χ1) is 10.1. The first-order valence-corrected chi connectivity index (χ1v) is 8.26. The fourth-order valence-corrected chi connectivity index (χ4v) is 6.64. The number of ketones is 1. The third-order valence-corrected chi connectivity index (χ3v) is 6.91. The predicted molar refractivity (Wildman–Crippen MR) is 80.3 cm³/mol. The quantitative estimate of drug-likeness (QED) is 0.870. The van der Waals surface area contributed by atoms with E-state index in [4.69, 9.17) is 9.84 Å². The van der Waals surface area contributed by atoms with Crippen molar-refractivity contribution in [1.29, 1.82) is 0 Å². The highest BCUT2D eigenvalue weighted by Crippen LogP contribution is 2.75. The first kappa shape index (κ1) is 14.4. The van der Waals surface area contributed by atoms with Gasteiger partial charge >= 0.3 is 5.97 Å². The molecule has 120 valence electrons. The molecule has 1 spiro atoms. The van der Waals surface area contributed by atoms with E-state index in [1.54, 1.807) is 6.08 Å². The van der Waals surface area contributed by atoms with E-state index in [0.29, 0.717) is 6.42 Å². The molecule has 4 fully saturated rings. The molecule has 0 aromatic carbocycles. The molecule has 22 heavy (non-hydrogen) atoms. The van der Waals surface area contributed by atoms with Crippen molar-refractivity contribution in [3.63, 3.8) is 0 Å². The summed E-state index contributed by atoms with van der Waals surface area (Å²) >= 11 is 0. The zero-order valence-electron chi connectivity index (χ0n) is 13.5. The maximum Gasteiger partial charge on any atom is 0.303 e. The third kappa shape index (κ3) is 1.57. The van der Waals surface area contributed by atoms with Crippen molar-refractivity contribution >= 4 is 11.8 Å². The maximum absolute atomic E-state index is 12.7. The van der Waals surface area contributed by atoms with Gasteiger partial charge in [0.15, 0.2) is 5.78 Å². The van der Waals surface area contributed by atoms with Gasteiger partial charge in [-0.1, -0.05) is 19.9 Å². The summed E-state index contributed by atoms with van der Waals surface area (Å²) in [5, 5.41) is 9.08. The van der Waals surface area contributed by atoms with E-state index in [-0.39, 0.29) is 40.7 Å². The Balaban J connectivity index is 1.80. The van der Waals surface area contributed by atoms with Gasteiger partial charge < -0.3 is 9.84 Å². The summed E-state index contributed by atoms with van der Waals surface area (Å²) < 4.78 is 6.42. The molecule has 5 rings (SSSR count). The summed E-state index contributed by atoms with van der Waals surface area (Å²) in [5.74, 6) is -0.626. The molecular weight excluding hydrogens is 280 g/mol. The number of ether oxygens (including phenoxy) is 1. The predicted octanol–water partition coefficient (Wildman–Crippen LogP) is 2.96. The number of hydrogen-bond acceptors (Lipinski definition) is 3. The van der Waals surface area contributed by atoms with Gasteiger partial charge in [0.05, 0.1) is 11.7 Å². The second-order valence-electron chi connectivity index (χ2n) is 8.89. The smallest absolute Gasteiger partial charge is 0.303 e. The normalized spacial score (nSPS) is 54.8. The van der Waals surface area contributed by atoms with Gasteiger partial charge in [-0.2, -0.15) is 0 Å². The second-order valence-corrected chi connectivity index (χ2v) is 8.89. The lowest BCUT2D eigenvalue weighted by Gasteiger charge is -2.54. The van der Waals surface area contributed by atoms with Gasteiger partial charge in [0.1, 0.15) is 0 Å². The average Bonchev–Trinajstić information content (AvgIpc) is 2.69. The van der Waals surface area contributed by atoms with Gasteiger partial charge in [-0.3, -0.25) is 9.59 Å². The molecule has 2 aliphatic heterocycles. The van der Waals surface area contributed by atoms with Crippen LogP contribution in [0.1, 0.15) is 52.9 Å². The minimum absolute atomic E-state index is 0.0197. The van der Waals surface area contributed by atoms with Crippen LogP contribution in [-0.4, -0.2) is 28.6 Å². The van der Waals surface area contributed by atoms with E-state index in [1.165, 1.54) is 0 Å². The molecule has 4 bridgehead atoms. The summed E-state index contributed by atoms with van der Waals surface area (Å²) in [4.78, 5) is 23.7. The molecule has 0 aromatic rings. The fourth-order valence-electron chi connectivity index (χ4n) is 6.64. The molecule has 1 N–H and O–H groups in total. The van der Waals surface area contributed by atoms with Crippen LogP contribution in [0.25, 0.3) is 0 Å². The molecular formula is C18H24O4. The highest BCUT2D eigenvalue weighted by atomic mass is 16.5. The van der Waals surface area contributed by atoms with Crippen LogP contribution in [0, 0.1) is 22.2 Å². The van der Waals surface area contributed by atoms with Crippen molar-refractivity contribution in [2.24, 2.45) is 22.2 Å². The Kier molecular flexibility index (Phi) is 2.52. The van der Waals surface area contributed by atoms with Crippen molar-refractivity contribution in [3.05, 3.63) is 12.2 Å². The molecule has 0 radical (unpaired) electrons. The Morgan fingerprint density at radius 3 is 2.73 bits per heavy atom. The van der Waals surface area contributed by atoms with Crippen molar-refractivity contribution in [1.82, 2.24) is 0 Å². The van der Waals surface area contributed by atoms with Crippen molar-refractivity contribution < 1.29 is 19.4 Å². The second kappa shape index (κ2) is 3.84. The van der Waals surface area contributed by atoms with Gasteiger partial charge in [0.2, 0.25) is 0 Å². The number of carboxylic acid groups (broad SMARTS) is 1. The molecule has 0 amide bonds. The van der Waals surface area contributed by atoms with Gasteiger partial charge in [-0.05, 0) is 49.5 Å². The van der Waals surface area contributed by atoms with Crippen molar-refractivity contribution in [3.8, 4) is 0 Å². The molecule has 4 heteroatoms. The zero-order valence-corrected chi connectivity index (χ0v) is 13.5. The van der Waals surface area contributed by atoms with Crippen LogP contribution in [-0.2, 0) is 14.3 Å². The molecule has 2 saturated heterocycles. The fraction of sp³-hybridized carbons (Fsp3) is 0.778. The van der Waals surface area contributed by atoms with Gasteiger partial charge in [0, 0.05) is 17.8 Å². The third-order valence-electron chi connectivity index (χ3n) is 6.91.